The molecule has 1 aromatic rings. The fourth-order valence-corrected chi connectivity index (χ4v) is 4.25. The number of nitrogens with zero attached hydrogens (tertiary/aromatic N) is 2. The zero-order chi connectivity index (χ0) is 14.3. The Morgan fingerprint density at radius 2 is 2.30 bits per heavy atom. The molecular weight excluding hydrogens is 272 g/mol. The van der Waals surface area contributed by atoms with Crippen molar-refractivity contribution < 1.29 is 9.84 Å². The van der Waals surface area contributed by atoms with Gasteiger partial charge < -0.3 is 14.7 Å². The molecule has 5 heteroatoms. The Morgan fingerprint density at radius 1 is 1.50 bits per heavy atom. The van der Waals surface area contributed by atoms with Crippen molar-refractivity contribution in [1.29, 1.82) is 0 Å². The van der Waals surface area contributed by atoms with E-state index in [0.29, 0.717) is 6.10 Å². The molecule has 0 aromatic carbocycles. The van der Waals surface area contributed by atoms with Crippen LogP contribution in [0.5, 0.6) is 0 Å². The lowest BCUT2D eigenvalue weighted by molar-refractivity contribution is 0.102. The van der Waals surface area contributed by atoms with Crippen LogP contribution in [-0.4, -0.2) is 36.4 Å². The highest BCUT2D eigenvalue weighted by atomic mass is 32.1. The second-order valence-electron chi connectivity index (χ2n) is 6.88. The van der Waals surface area contributed by atoms with Crippen molar-refractivity contribution >= 4 is 16.5 Å². The third kappa shape index (κ3) is 2.85. The molecule has 2 heterocycles. The molecule has 2 aliphatic rings. The molecule has 0 amide bonds. The van der Waals surface area contributed by atoms with Gasteiger partial charge in [0.2, 0.25) is 0 Å². The topological polar surface area (TPSA) is 45.6 Å². The molecule has 1 aromatic heterocycles. The minimum absolute atomic E-state index is 0.144. The van der Waals surface area contributed by atoms with Gasteiger partial charge in [-0.25, -0.2) is 4.98 Å². The van der Waals surface area contributed by atoms with Gasteiger partial charge in [-0.1, -0.05) is 25.2 Å². The summed E-state index contributed by atoms with van der Waals surface area (Å²) in [6.45, 7) is 6.19. The average Bonchev–Trinajstić information content (AvgIpc) is 2.96. The highest BCUT2D eigenvalue weighted by Crippen LogP contribution is 2.44. The Kier molecular flexibility index (Phi) is 3.77. The van der Waals surface area contributed by atoms with E-state index in [9.17, 15) is 5.11 Å². The van der Waals surface area contributed by atoms with Crippen molar-refractivity contribution in [3.8, 4) is 0 Å². The van der Waals surface area contributed by atoms with Crippen LogP contribution in [0.25, 0.3) is 0 Å². The standard InChI is InChI=1S/C15H24N2O2S/c1-15(2)7-11-13(12(18)8-15)20-14(16-11)17(3)9-10-5-4-6-19-10/h10,12,18H,4-9H2,1-3H3. The van der Waals surface area contributed by atoms with Crippen LogP contribution in [0.1, 0.15) is 49.8 Å². The van der Waals surface area contributed by atoms with Crippen LogP contribution in [0.4, 0.5) is 5.13 Å². The van der Waals surface area contributed by atoms with E-state index in [1.54, 1.807) is 11.3 Å². The third-order valence-electron chi connectivity index (χ3n) is 4.24. The summed E-state index contributed by atoms with van der Waals surface area (Å²) in [5.74, 6) is 0. The van der Waals surface area contributed by atoms with Gasteiger partial charge in [0.05, 0.1) is 22.8 Å². The maximum absolute atomic E-state index is 10.3. The summed E-state index contributed by atoms with van der Waals surface area (Å²) < 4.78 is 5.69. The average molecular weight is 296 g/mol. The Labute approximate surface area is 124 Å². The predicted octanol–water partition coefficient (Wildman–Crippen LogP) is 2.76. The second kappa shape index (κ2) is 5.28. The minimum Gasteiger partial charge on any atom is -0.387 e. The Balaban J connectivity index is 1.75. The number of fused-ring (bicyclic) bond motifs is 1. The molecule has 0 saturated carbocycles. The van der Waals surface area contributed by atoms with E-state index < -0.39 is 0 Å². The molecule has 0 spiro atoms. The lowest BCUT2D eigenvalue weighted by atomic mass is 9.77. The Bertz CT molecular complexity index is 480. The van der Waals surface area contributed by atoms with Gasteiger partial charge in [-0.05, 0) is 31.1 Å². The normalized spacial score (nSPS) is 28.4. The number of aromatic nitrogens is 1. The molecule has 20 heavy (non-hydrogen) atoms. The summed E-state index contributed by atoms with van der Waals surface area (Å²) in [4.78, 5) is 8.02. The van der Waals surface area contributed by atoms with E-state index >= 15 is 0 Å². The lowest BCUT2D eigenvalue weighted by Crippen LogP contribution is -2.28. The molecule has 1 aliphatic carbocycles. The van der Waals surface area contributed by atoms with Crippen molar-refractivity contribution in [2.75, 3.05) is 25.1 Å². The number of hydrogen-bond donors (Lipinski definition) is 1. The van der Waals surface area contributed by atoms with Gasteiger partial charge >= 0.3 is 0 Å². The number of rotatable bonds is 3. The van der Waals surface area contributed by atoms with Crippen LogP contribution < -0.4 is 4.90 Å². The van der Waals surface area contributed by atoms with Crippen molar-refractivity contribution in [1.82, 2.24) is 4.98 Å². The number of likely N-dealkylation sites (N-methyl/N-ethyl adjacent to an activating group) is 1. The number of hydrogen-bond acceptors (Lipinski definition) is 5. The zero-order valence-corrected chi connectivity index (χ0v) is 13.4. The molecule has 0 radical (unpaired) electrons. The molecule has 112 valence electrons. The van der Waals surface area contributed by atoms with Crippen molar-refractivity contribution in [3.05, 3.63) is 10.6 Å². The summed E-state index contributed by atoms with van der Waals surface area (Å²) in [5.41, 5.74) is 1.23. The molecule has 1 saturated heterocycles. The van der Waals surface area contributed by atoms with Crippen LogP contribution in [0.3, 0.4) is 0 Å². The van der Waals surface area contributed by atoms with Gasteiger partial charge in [0, 0.05) is 20.2 Å². The van der Waals surface area contributed by atoms with Crippen LogP contribution in [0.2, 0.25) is 0 Å². The molecule has 2 atom stereocenters. The van der Waals surface area contributed by atoms with Gasteiger partial charge in [-0.2, -0.15) is 0 Å². The fraction of sp³-hybridized carbons (Fsp3) is 0.800. The quantitative estimate of drug-likeness (QED) is 0.931. The molecular formula is C15H24N2O2S. The minimum atomic E-state index is -0.351. The molecule has 3 rings (SSSR count). The zero-order valence-electron chi connectivity index (χ0n) is 12.6. The summed E-state index contributed by atoms with van der Waals surface area (Å²) in [6.07, 6.45) is 4.09. The van der Waals surface area contributed by atoms with Crippen molar-refractivity contribution in [2.24, 2.45) is 5.41 Å². The number of aliphatic hydroxyl groups is 1. The first-order valence-corrected chi connectivity index (χ1v) is 8.27. The second-order valence-corrected chi connectivity index (χ2v) is 7.89. The van der Waals surface area contributed by atoms with Crippen LogP contribution in [0.15, 0.2) is 0 Å². The first kappa shape index (κ1) is 14.3. The van der Waals surface area contributed by atoms with Crippen molar-refractivity contribution in [2.45, 2.75) is 51.7 Å². The predicted molar refractivity (Wildman–Crippen MR) is 81.4 cm³/mol. The van der Waals surface area contributed by atoms with Crippen LogP contribution in [0, 0.1) is 5.41 Å². The molecule has 1 fully saturated rings. The van der Waals surface area contributed by atoms with Gasteiger partial charge in [-0.3, -0.25) is 0 Å². The van der Waals surface area contributed by atoms with Crippen molar-refractivity contribution in [3.63, 3.8) is 0 Å². The summed E-state index contributed by atoms with van der Waals surface area (Å²) in [5, 5.41) is 11.3. The molecule has 0 bridgehead atoms. The van der Waals surface area contributed by atoms with E-state index in [1.165, 1.54) is 6.42 Å². The van der Waals surface area contributed by atoms with Crippen LogP contribution >= 0.6 is 11.3 Å². The monoisotopic (exact) mass is 296 g/mol. The van der Waals surface area contributed by atoms with Gasteiger partial charge in [0.25, 0.3) is 0 Å². The SMILES string of the molecule is CN(CC1CCCO1)c1nc2c(s1)C(O)CC(C)(C)C2. The van der Waals surface area contributed by atoms with E-state index in [1.807, 2.05) is 0 Å². The van der Waals surface area contributed by atoms with E-state index in [4.69, 9.17) is 9.72 Å². The first-order valence-electron chi connectivity index (χ1n) is 7.45. The van der Waals surface area contributed by atoms with Gasteiger partial charge in [0.1, 0.15) is 0 Å². The first-order chi connectivity index (χ1) is 9.44. The fourth-order valence-electron chi connectivity index (χ4n) is 3.21. The molecule has 4 nitrogen and oxygen atoms in total. The van der Waals surface area contributed by atoms with Gasteiger partial charge in [-0.15, -0.1) is 0 Å². The lowest BCUT2D eigenvalue weighted by Gasteiger charge is -2.31. The summed E-state index contributed by atoms with van der Waals surface area (Å²) >= 11 is 1.64. The third-order valence-corrected chi connectivity index (χ3v) is 5.55. The van der Waals surface area contributed by atoms with E-state index in [-0.39, 0.29) is 11.5 Å². The smallest absolute Gasteiger partial charge is 0.185 e. The highest BCUT2D eigenvalue weighted by molar-refractivity contribution is 7.15. The van der Waals surface area contributed by atoms with E-state index in [0.717, 1.165) is 48.1 Å². The Hall–Kier alpha value is -0.650. The maximum Gasteiger partial charge on any atom is 0.185 e. The molecule has 1 N–H and O–H groups in total. The maximum atomic E-state index is 10.3. The number of aliphatic hydroxyl groups excluding tert-OH is 1. The summed E-state index contributed by atoms with van der Waals surface area (Å²) in [7, 11) is 2.07. The largest absolute Gasteiger partial charge is 0.387 e. The number of thiazole rings is 1. The number of anilines is 1. The summed E-state index contributed by atoms with van der Waals surface area (Å²) in [6, 6.07) is 0. The van der Waals surface area contributed by atoms with Gasteiger partial charge in [0.15, 0.2) is 5.13 Å². The van der Waals surface area contributed by atoms with Crippen LogP contribution in [-0.2, 0) is 11.2 Å². The number of ether oxygens (including phenoxy) is 1. The molecule has 1 aliphatic heterocycles. The Morgan fingerprint density at radius 3 is 3.00 bits per heavy atom. The molecule has 2 unspecified atom stereocenters. The highest BCUT2D eigenvalue weighted by Gasteiger charge is 2.34. The van der Waals surface area contributed by atoms with E-state index in [2.05, 4.69) is 25.8 Å².